The number of hydrogen-bond donors (Lipinski definition) is 8. The fourth-order valence-corrected chi connectivity index (χ4v) is 2.52. The standard InChI is InChI=1S/C18H32N6O8/c1-3-8(2)14(18(31)32)24-17(30)11(7-25)23-16(29)10(6-13(21)27)22-15(28)9(19)4-5-12(20)26/h8-11,14,25H,3-7,19H2,1-2H3,(H2,20,26)(H2,21,27)(H,22,28)(H,23,29)(H,24,30)(H,31,32). The molecule has 0 aliphatic rings. The van der Waals surface area contributed by atoms with Gasteiger partial charge in [0.1, 0.15) is 18.1 Å². The summed E-state index contributed by atoms with van der Waals surface area (Å²) in [6.07, 6.45) is -0.504. The maximum atomic E-state index is 12.5. The molecule has 0 aliphatic heterocycles. The second-order valence-electron chi connectivity index (χ2n) is 7.30. The molecule has 0 rings (SSSR count). The molecule has 32 heavy (non-hydrogen) atoms. The van der Waals surface area contributed by atoms with Crippen LogP contribution < -0.4 is 33.2 Å². The van der Waals surface area contributed by atoms with Gasteiger partial charge in [-0.3, -0.25) is 24.0 Å². The van der Waals surface area contributed by atoms with Crippen molar-refractivity contribution < 1.29 is 39.0 Å². The van der Waals surface area contributed by atoms with E-state index < -0.39 is 78.6 Å². The van der Waals surface area contributed by atoms with Gasteiger partial charge in [0, 0.05) is 6.42 Å². The van der Waals surface area contributed by atoms with Gasteiger partial charge >= 0.3 is 5.97 Å². The SMILES string of the molecule is CCC(C)C(NC(=O)C(CO)NC(=O)C(CC(N)=O)NC(=O)C(N)CCC(N)=O)C(=O)O. The van der Waals surface area contributed by atoms with Gasteiger partial charge < -0.3 is 43.4 Å². The van der Waals surface area contributed by atoms with E-state index in [4.69, 9.17) is 17.2 Å². The molecular weight excluding hydrogens is 428 g/mol. The molecule has 0 aromatic rings. The molecule has 5 unspecified atom stereocenters. The van der Waals surface area contributed by atoms with E-state index in [-0.39, 0.29) is 12.8 Å². The van der Waals surface area contributed by atoms with Crippen LogP contribution >= 0.6 is 0 Å². The van der Waals surface area contributed by atoms with E-state index in [2.05, 4.69) is 16.0 Å². The lowest BCUT2D eigenvalue weighted by Crippen LogP contribution is -2.59. The minimum absolute atomic E-state index is 0.111. The van der Waals surface area contributed by atoms with Gasteiger partial charge in [-0.2, -0.15) is 0 Å². The predicted molar refractivity (Wildman–Crippen MR) is 110 cm³/mol. The fraction of sp³-hybridized carbons (Fsp3) is 0.667. The van der Waals surface area contributed by atoms with Gasteiger partial charge in [-0.15, -0.1) is 0 Å². The molecule has 11 N–H and O–H groups in total. The first kappa shape index (κ1) is 28.7. The molecule has 0 aliphatic carbocycles. The van der Waals surface area contributed by atoms with Crippen molar-refractivity contribution in [1.29, 1.82) is 0 Å². The van der Waals surface area contributed by atoms with Crippen LogP contribution in [0.2, 0.25) is 0 Å². The Morgan fingerprint density at radius 3 is 1.84 bits per heavy atom. The van der Waals surface area contributed by atoms with Crippen molar-refractivity contribution >= 4 is 35.5 Å². The molecular formula is C18H32N6O8. The lowest BCUT2D eigenvalue weighted by Gasteiger charge is -2.25. The topological polar surface area (TPSA) is 257 Å². The van der Waals surface area contributed by atoms with E-state index in [1.54, 1.807) is 13.8 Å². The normalized spacial score (nSPS) is 15.4. The van der Waals surface area contributed by atoms with Crippen molar-refractivity contribution in [2.75, 3.05) is 6.61 Å². The Bertz CT molecular complexity index is 716. The number of nitrogens with two attached hydrogens (primary N) is 3. The summed E-state index contributed by atoms with van der Waals surface area (Å²) in [4.78, 5) is 70.6. The van der Waals surface area contributed by atoms with Gasteiger partial charge in [0.05, 0.1) is 19.1 Å². The van der Waals surface area contributed by atoms with E-state index in [1.807, 2.05) is 0 Å². The zero-order valence-corrected chi connectivity index (χ0v) is 18.0. The first-order chi connectivity index (χ1) is 14.8. The molecule has 0 saturated carbocycles. The van der Waals surface area contributed by atoms with Crippen molar-refractivity contribution in [2.24, 2.45) is 23.1 Å². The highest BCUT2D eigenvalue weighted by Gasteiger charge is 2.32. The van der Waals surface area contributed by atoms with Crippen LogP contribution in [0.25, 0.3) is 0 Å². The van der Waals surface area contributed by atoms with Crippen molar-refractivity contribution in [3.8, 4) is 0 Å². The Morgan fingerprint density at radius 2 is 1.41 bits per heavy atom. The average Bonchev–Trinajstić information content (AvgIpc) is 2.71. The fourth-order valence-electron chi connectivity index (χ4n) is 2.52. The third-order valence-corrected chi connectivity index (χ3v) is 4.67. The highest BCUT2D eigenvalue weighted by molar-refractivity contribution is 5.96. The Hall–Kier alpha value is -3.26. The van der Waals surface area contributed by atoms with E-state index >= 15 is 0 Å². The van der Waals surface area contributed by atoms with Gasteiger partial charge in [0.15, 0.2) is 0 Å². The number of nitrogens with one attached hydrogen (secondary N) is 3. The summed E-state index contributed by atoms with van der Waals surface area (Å²) in [6, 6.07) is -5.58. The number of carboxylic acid groups (broad SMARTS) is 1. The third-order valence-electron chi connectivity index (χ3n) is 4.67. The van der Waals surface area contributed by atoms with Gasteiger partial charge in [0.2, 0.25) is 29.5 Å². The largest absolute Gasteiger partial charge is 0.480 e. The summed E-state index contributed by atoms with van der Waals surface area (Å²) in [7, 11) is 0. The van der Waals surface area contributed by atoms with Crippen LogP contribution in [0, 0.1) is 5.92 Å². The lowest BCUT2D eigenvalue weighted by atomic mass is 9.99. The summed E-state index contributed by atoms with van der Waals surface area (Å²) in [5, 5.41) is 25.3. The highest BCUT2D eigenvalue weighted by atomic mass is 16.4. The smallest absolute Gasteiger partial charge is 0.326 e. The monoisotopic (exact) mass is 460 g/mol. The summed E-state index contributed by atoms with van der Waals surface area (Å²) in [5.74, 6) is -6.26. The lowest BCUT2D eigenvalue weighted by molar-refractivity contribution is -0.144. The van der Waals surface area contributed by atoms with E-state index in [0.717, 1.165) is 0 Å². The van der Waals surface area contributed by atoms with Crippen LogP contribution in [-0.4, -0.2) is 76.5 Å². The van der Waals surface area contributed by atoms with E-state index in [1.165, 1.54) is 0 Å². The number of aliphatic carboxylic acids is 1. The van der Waals surface area contributed by atoms with Crippen LogP contribution in [0.5, 0.6) is 0 Å². The molecule has 5 amide bonds. The van der Waals surface area contributed by atoms with E-state index in [0.29, 0.717) is 6.42 Å². The molecule has 0 aromatic carbocycles. The Balaban J connectivity index is 5.28. The molecule has 0 bridgehead atoms. The number of hydrogen-bond acceptors (Lipinski definition) is 8. The second-order valence-corrected chi connectivity index (χ2v) is 7.30. The molecule has 0 spiro atoms. The van der Waals surface area contributed by atoms with Crippen LogP contribution in [0.4, 0.5) is 0 Å². The number of amides is 5. The van der Waals surface area contributed by atoms with Crippen LogP contribution in [-0.2, 0) is 28.8 Å². The van der Waals surface area contributed by atoms with Crippen LogP contribution in [0.15, 0.2) is 0 Å². The summed E-state index contributed by atoms with van der Waals surface area (Å²) >= 11 is 0. The number of primary amides is 2. The maximum Gasteiger partial charge on any atom is 0.326 e. The Labute approximate surface area is 184 Å². The van der Waals surface area contributed by atoms with Crippen molar-refractivity contribution in [1.82, 2.24) is 16.0 Å². The Kier molecular flexibility index (Phi) is 12.5. The average molecular weight is 460 g/mol. The third kappa shape index (κ3) is 10.2. The van der Waals surface area contributed by atoms with Gasteiger partial charge in [0.25, 0.3) is 0 Å². The highest BCUT2D eigenvalue weighted by Crippen LogP contribution is 2.08. The summed E-state index contributed by atoms with van der Waals surface area (Å²) in [6.45, 7) is 2.44. The molecule has 0 fully saturated rings. The van der Waals surface area contributed by atoms with Gasteiger partial charge in [-0.1, -0.05) is 20.3 Å². The number of aliphatic hydroxyl groups is 1. The predicted octanol–water partition coefficient (Wildman–Crippen LogP) is -3.97. The van der Waals surface area contributed by atoms with E-state index in [9.17, 15) is 39.0 Å². The van der Waals surface area contributed by atoms with Crippen LogP contribution in [0.3, 0.4) is 0 Å². The van der Waals surface area contributed by atoms with Gasteiger partial charge in [-0.05, 0) is 12.3 Å². The van der Waals surface area contributed by atoms with Crippen LogP contribution in [0.1, 0.15) is 39.5 Å². The molecule has 0 aromatic heterocycles. The minimum atomic E-state index is -1.57. The molecule has 182 valence electrons. The van der Waals surface area contributed by atoms with Crippen molar-refractivity contribution in [3.63, 3.8) is 0 Å². The number of carboxylic acids is 1. The first-order valence-corrected chi connectivity index (χ1v) is 9.90. The van der Waals surface area contributed by atoms with Crippen molar-refractivity contribution in [3.05, 3.63) is 0 Å². The number of carbonyl (C=O) groups is 6. The zero-order valence-electron chi connectivity index (χ0n) is 18.0. The maximum absolute atomic E-state index is 12.5. The zero-order chi connectivity index (χ0) is 25.0. The molecule has 0 heterocycles. The second kappa shape index (κ2) is 13.9. The summed E-state index contributed by atoms with van der Waals surface area (Å²) in [5.41, 5.74) is 15.7. The quantitative estimate of drug-likeness (QED) is 0.118. The number of aliphatic hydroxyl groups excluding tert-OH is 1. The number of rotatable bonds is 15. The minimum Gasteiger partial charge on any atom is -0.480 e. The molecule has 5 atom stereocenters. The van der Waals surface area contributed by atoms with Crippen molar-refractivity contribution in [2.45, 2.75) is 63.7 Å². The van der Waals surface area contributed by atoms with Gasteiger partial charge in [-0.25, -0.2) is 4.79 Å². The Morgan fingerprint density at radius 1 is 0.875 bits per heavy atom. The number of carbonyl (C=O) groups excluding carboxylic acids is 5. The molecule has 0 radical (unpaired) electrons. The molecule has 0 saturated heterocycles. The molecule has 14 heteroatoms. The summed E-state index contributed by atoms with van der Waals surface area (Å²) < 4.78 is 0. The molecule has 14 nitrogen and oxygen atoms in total. The first-order valence-electron chi connectivity index (χ1n) is 9.90.